The first-order chi connectivity index (χ1) is 15.3. The number of aromatic nitrogens is 4. The number of hydrogen-bond acceptors (Lipinski definition) is 8. The zero-order valence-electron chi connectivity index (χ0n) is 18.0. The van der Waals surface area contributed by atoms with E-state index in [1.54, 1.807) is 44.3 Å². The Morgan fingerprint density at radius 1 is 1.03 bits per heavy atom. The van der Waals surface area contributed by atoms with Crippen molar-refractivity contribution in [2.45, 2.75) is 37.5 Å². The van der Waals surface area contributed by atoms with E-state index in [2.05, 4.69) is 20.2 Å². The quantitative estimate of drug-likeness (QED) is 0.458. The van der Waals surface area contributed by atoms with Crippen LogP contribution in [0, 0.1) is 6.92 Å². The number of benzene rings is 2. The minimum Gasteiger partial charge on any atom is -0.415 e. The molecule has 32 heavy (non-hydrogen) atoms. The SMILES string of the molecule is Cc1ncc(-c2ccc(S(=O)(=O)C(C)C)cc2)nc1-c1nnc(-c2cccc(CN)c2)o1.[HH].[HH]. The summed E-state index contributed by atoms with van der Waals surface area (Å²) in [5, 5.41) is 7.81. The number of aryl methyl sites for hydroxylation is 1. The van der Waals surface area contributed by atoms with Gasteiger partial charge >= 0.3 is 0 Å². The van der Waals surface area contributed by atoms with Crippen LogP contribution < -0.4 is 5.73 Å². The Bertz CT molecular complexity index is 1370. The molecule has 0 aliphatic heterocycles. The second kappa shape index (κ2) is 8.60. The highest BCUT2D eigenvalue weighted by Gasteiger charge is 2.20. The summed E-state index contributed by atoms with van der Waals surface area (Å²) in [7, 11) is -3.34. The van der Waals surface area contributed by atoms with Crippen molar-refractivity contribution in [3.63, 3.8) is 0 Å². The number of hydrogen-bond donors (Lipinski definition) is 1. The van der Waals surface area contributed by atoms with Crippen molar-refractivity contribution in [2.75, 3.05) is 0 Å². The third kappa shape index (κ3) is 4.17. The molecule has 0 fully saturated rings. The number of sulfone groups is 1. The summed E-state index contributed by atoms with van der Waals surface area (Å²) in [5.41, 5.74) is 9.86. The van der Waals surface area contributed by atoms with E-state index in [-0.39, 0.29) is 13.6 Å². The molecule has 4 aromatic rings. The smallest absolute Gasteiger partial charge is 0.268 e. The lowest BCUT2D eigenvalue weighted by Gasteiger charge is -2.09. The molecule has 2 aromatic carbocycles. The molecule has 0 atom stereocenters. The average molecular weight is 454 g/mol. The fourth-order valence-electron chi connectivity index (χ4n) is 3.15. The maximum absolute atomic E-state index is 12.4. The molecule has 8 nitrogen and oxygen atoms in total. The molecule has 0 radical (unpaired) electrons. The van der Waals surface area contributed by atoms with Gasteiger partial charge in [0.05, 0.1) is 27.7 Å². The number of rotatable bonds is 6. The predicted molar refractivity (Wildman–Crippen MR) is 125 cm³/mol. The topological polar surface area (TPSA) is 125 Å². The van der Waals surface area contributed by atoms with Gasteiger partial charge in [0.15, 0.2) is 9.84 Å². The summed E-state index contributed by atoms with van der Waals surface area (Å²) in [4.78, 5) is 9.34. The molecule has 0 spiro atoms. The van der Waals surface area contributed by atoms with Crippen LogP contribution in [0.4, 0.5) is 0 Å². The van der Waals surface area contributed by atoms with E-state index < -0.39 is 15.1 Å². The Kier molecular flexibility index (Phi) is 5.86. The number of nitrogens with zero attached hydrogens (tertiary/aromatic N) is 4. The molecule has 0 aliphatic carbocycles. The molecule has 2 heterocycles. The van der Waals surface area contributed by atoms with E-state index in [1.165, 1.54) is 0 Å². The largest absolute Gasteiger partial charge is 0.415 e. The summed E-state index contributed by atoms with van der Waals surface area (Å²) < 4.78 is 30.6. The van der Waals surface area contributed by atoms with E-state index in [9.17, 15) is 8.42 Å². The minimum atomic E-state index is -3.34. The summed E-state index contributed by atoms with van der Waals surface area (Å²) in [6.45, 7) is 5.54. The molecule has 0 aliphatic rings. The third-order valence-electron chi connectivity index (χ3n) is 5.09. The van der Waals surface area contributed by atoms with E-state index in [4.69, 9.17) is 10.2 Å². The Labute approximate surface area is 189 Å². The van der Waals surface area contributed by atoms with Crippen LogP contribution in [-0.2, 0) is 16.4 Å². The first-order valence-corrected chi connectivity index (χ1v) is 11.7. The lowest BCUT2D eigenvalue weighted by atomic mass is 10.1. The van der Waals surface area contributed by atoms with Gasteiger partial charge in [-0.1, -0.05) is 24.3 Å². The lowest BCUT2D eigenvalue weighted by molar-refractivity contribution is 0.581. The van der Waals surface area contributed by atoms with Crippen LogP contribution in [0.15, 0.2) is 64.0 Å². The zero-order valence-corrected chi connectivity index (χ0v) is 18.8. The van der Waals surface area contributed by atoms with Crippen molar-refractivity contribution in [3.05, 3.63) is 66.0 Å². The van der Waals surface area contributed by atoms with E-state index in [1.807, 2.05) is 31.2 Å². The normalized spacial score (nSPS) is 11.8. The lowest BCUT2D eigenvalue weighted by Crippen LogP contribution is -2.13. The molecular formula is C23H27N5O3S. The Morgan fingerprint density at radius 3 is 2.44 bits per heavy atom. The highest BCUT2D eigenvalue weighted by molar-refractivity contribution is 7.92. The first-order valence-electron chi connectivity index (χ1n) is 10.1. The van der Waals surface area contributed by atoms with Gasteiger partial charge in [-0.25, -0.2) is 13.4 Å². The predicted octanol–water partition coefficient (Wildman–Crippen LogP) is 4.30. The highest BCUT2D eigenvalue weighted by Crippen LogP contribution is 2.28. The van der Waals surface area contributed by atoms with Crippen molar-refractivity contribution in [1.82, 2.24) is 20.2 Å². The Morgan fingerprint density at radius 2 is 1.75 bits per heavy atom. The monoisotopic (exact) mass is 453 g/mol. The third-order valence-corrected chi connectivity index (χ3v) is 7.26. The van der Waals surface area contributed by atoms with E-state index >= 15 is 0 Å². The molecule has 0 bridgehead atoms. The van der Waals surface area contributed by atoms with Crippen LogP contribution >= 0.6 is 0 Å². The fourth-order valence-corrected chi connectivity index (χ4v) is 4.21. The van der Waals surface area contributed by atoms with Gasteiger partial charge in [0.1, 0.15) is 5.69 Å². The average Bonchev–Trinajstić information content (AvgIpc) is 3.29. The summed E-state index contributed by atoms with van der Waals surface area (Å²) in [6, 6.07) is 14.2. The van der Waals surface area contributed by atoms with Crippen molar-refractivity contribution in [1.29, 1.82) is 0 Å². The molecule has 0 unspecified atom stereocenters. The molecule has 4 rings (SSSR count). The standard InChI is InChI=1S/C23H23N5O3S.2H2/c1-14(2)32(29,30)19-9-7-17(8-10-19)20-13-25-15(3)21(26-20)23-28-27-22(31-23)18-6-4-5-16(11-18)12-24;;/h4-11,13-14H,12,24H2,1-3H3;2*1H. The van der Waals surface area contributed by atoms with Crippen LogP contribution in [-0.4, -0.2) is 33.8 Å². The maximum atomic E-state index is 12.4. The first kappa shape index (κ1) is 21.8. The van der Waals surface area contributed by atoms with Gasteiger partial charge in [0.25, 0.3) is 5.89 Å². The minimum absolute atomic E-state index is 0. The summed E-state index contributed by atoms with van der Waals surface area (Å²) in [5.74, 6) is 0.620. The molecule has 2 aromatic heterocycles. The fraction of sp³-hybridized carbons (Fsp3) is 0.217. The maximum Gasteiger partial charge on any atom is 0.268 e. The van der Waals surface area contributed by atoms with Crippen LogP contribution in [0.25, 0.3) is 34.3 Å². The van der Waals surface area contributed by atoms with Gasteiger partial charge in [0, 0.05) is 20.5 Å². The molecule has 2 N–H and O–H groups in total. The zero-order chi connectivity index (χ0) is 22.9. The van der Waals surface area contributed by atoms with Crippen molar-refractivity contribution < 1.29 is 15.7 Å². The second-order valence-corrected chi connectivity index (χ2v) is 10.1. The van der Waals surface area contributed by atoms with Gasteiger partial charge in [-0.3, -0.25) is 4.98 Å². The van der Waals surface area contributed by atoms with Crippen LogP contribution in [0.3, 0.4) is 0 Å². The summed E-state index contributed by atoms with van der Waals surface area (Å²) in [6.07, 6.45) is 1.63. The van der Waals surface area contributed by atoms with Crippen LogP contribution in [0.5, 0.6) is 0 Å². The Balaban J connectivity index is 0.00000204. The van der Waals surface area contributed by atoms with E-state index in [0.717, 1.165) is 16.7 Å². The second-order valence-electron chi connectivity index (χ2n) is 7.62. The van der Waals surface area contributed by atoms with Crippen LogP contribution in [0.2, 0.25) is 0 Å². The Hall–Kier alpha value is -3.43. The molecule has 9 heteroatoms. The van der Waals surface area contributed by atoms with Crippen molar-refractivity contribution in [2.24, 2.45) is 5.73 Å². The van der Waals surface area contributed by atoms with Gasteiger partial charge < -0.3 is 10.2 Å². The molecule has 0 saturated heterocycles. The summed E-state index contributed by atoms with van der Waals surface area (Å²) >= 11 is 0. The van der Waals surface area contributed by atoms with Gasteiger partial charge in [-0.15, -0.1) is 10.2 Å². The molecular weight excluding hydrogens is 426 g/mol. The van der Waals surface area contributed by atoms with Crippen molar-refractivity contribution >= 4 is 9.84 Å². The highest BCUT2D eigenvalue weighted by atomic mass is 32.2. The van der Waals surface area contributed by atoms with Gasteiger partial charge in [-0.05, 0) is 50.6 Å². The van der Waals surface area contributed by atoms with Gasteiger partial charge in [-0.2, -0.15) is 0 Å². The van der Waals surface area contributed by atoms with E-state index in [0.29, 0.717) is 29.5 Å². The van der Waals surface area contributed by atoms with Crippen molar-refractivity contribution in [3.8, 4) is 34.3 Å². The van der Waals surface area contributed by atoms with Gasteiger partial charge in [0.2, 0.25) is 5.89 Å². The number of nitrogens with two attached hydrogens (primary N) is 1. The molecule has 168 valence electrons. The molecule has 0 saturated carbocycles. The van der Waals surface area contributed by atoms with Crippen LogP contribution in [0.1, 0.15) is 28.0 Å². The molecule has 0 amide bonds.